The number of aliphatic hydroxyl groups excluding tert-OH is 1. The maximum atomic E-state index is 12.7. The van der Waals surface area contributed by atoms with Crippen LogP contribution in [0.25, 0.3) is 0 Å². The predicted molar refractivity (Wildman–Crippen MR) is 105 cm³/mol. The first-order valence-electron chi connectivity index (χ1n) is 9.39. The van der Waals surface area contributed by atoms with Crippen LogP contribution in [-0.2, 0) is 17.9 Å². The van der Waals surface area contributed by atoms with Gasteiger partial charge in [0.05, 0.1) is 18.8 Å². The standard InChI is InChI=1S/C21H18N4O5/c26-18(12-4-2-1-3-5-12)21(28)25-9-14-15(10-25)23-24-19(14)22-20(27)13-6-7-16-17(8-13)30-11-29-16/h1-8,18,26H,9-11H2,(H2,22,23,24,27)/t18-/m0/s1. The molecule has 9 heteroatoms. The number of carbonyl (C=O) groups is 2. The number of H-pyrrole nitrogens is 1. The second-order valence-electron chi connectivity index (χ2n) is 7.06. The number of aromatic nitrogens is 2. The van der Waals surface area contributed by atoms with Gasteiger partial charge in [0, 0.05) is 11.1 Å². The molecule has 0 bridgehead atoms. The van der Waals surface area contributed by atoms with Gasteiger partial charge in [-0.1, -0.05) is 30.3 Å². The Bertz CT molecular complexity index is 1130. The Balaban J connectivity index is 1.29. The fourth-order valence-electron chi connectivity index (χ4n) is 3.57. The molecule has 1 aromatic heterocycles. The summed E-state index contributed by atoms with van der Waals surface area (Å²) in [6, 6.07) is 13.7. The third-order valence-electron chi connectivity index (χ3n) is 5.18. The first-order chi connectivity index (χ1) is 14.6. The van der Waals surface area contributed by atoms with E-state index in [4.69, 9.17) is 9.47 Å². The summed E-state index contributed by atoms with van der Waals surface area (Å²) >= 11 is 0. The molecule has 3 aromatic rings. The molecule has 0 saturated carbocycles. The third-order valence-corrected chi connectivity index (χ3v) is 5.18. The molecule has 9 nitrogen and oxygen atoms in total. The van der Waals surface area contributed by atoms with E-state index >= 15 is 0 Å². The van der Waals surface area contributed by atoms with Crippen molar-refractivity contribution < 1.29 is 24.2 Å². The highest BCUT2D eigenvalue weighted by atomic mass is 16.7. The maximum absolute atomic E-state index is 12.7. The van der Waals surface area contributed by atoms with Gasteiger partial charge in [0.25, 0.3) is 11.8 Å². The topological polar surface area (TPSA) is 117 Å². The number of ether oxygens (including phenoxy) is 2. The fourth-order valence-corrected chi connectivity index (χ4v) is 3.57. The lowest BCUT2D eigenvalue weighted by Gasteiger charge is -2.20. The van der Waals surface area contributed by atoms with E-state index in [2.05, 4.69) is 15.5 Å². The van der Waals surface area contributed by atoms with Crippen molar-refractivity contribution in [1.29, 1.82) is 0 Å². The number of fused-ring (bicyclic) bond motifs is 2. The number of rotatable bonds is 4. The van der Waals surface area contributed by atoms with Crippen molar-refractivity contribution in [2.75, 3.05) is 12.1 Å². The van der Waals surface area contributed by atoms with Gasteiger partial charge in [-0.05, 0) is 23.8 Å². The van der Waals surface area contributed by atoms with Crippen LogP contribution in [0, 0.1) is 0 Å². The summed E-state index contributed by atoms with van der Waals surface area (Å²) in [4.78, 5) is 26.9. The first-order valence-corrected chi connectivity index (χ1v) is 9.39. The second-order valence-corrected chi connectivity index (χ2v) is 7.06. The lowest BCUT2D eigenvalue weighted by atomic mass is 10.1. The number of amides is 2. The zero-order valence-corrected chi connectivity index (χ0v) is 15.8. The molecule has 2 aliphatic rings. The monoisotopic (exact) mass is 406 g/mol. The Hall–Kier alpha value is -3.85. The molecule has 0 unspecified atom stereocenters. The minimum atomic E-state index is -1.24. The maximum Gasteiger partial charge on any atom is 0.257 e. The molecule has 30 heavy (non-hydrogen) atoms. The molecular weight excluding hydrogens is 388 g/mol. The van der Waals surface area contributed by atoms with E-state index < -0.39 is 12.0 Å². The number of aromatic amines is 1. The van der Waals surface area contributed by atoms with E-state index in [0.717, 1.165) is 11.3 Å². The molecule has 2 aromatic carbocycles. The van der Waals surface area contributed by atoms with Gasteiger partial charge in [0.2, 0.25) is 6.79 Å². The van der Waals surface area contributed by atoms with Crippen molar-refractivity contribution in [3.05, 3.63) is 70.9 Å². The Morgan fingerprint density at radius 2 is 1.90 bits per heavy atom. The van der Waals surface area contributed by atoms with Crippen LogP contribution >= 0.6 is 0 Å². The van der Waals surface area contributed by atoms with Crippen LogP contribution in [-0.4, -0.2) is 38.8 Å². The number of aliphatic hydroxyl groups is 1. The lowest BCUT2D eigenvalue weighted by molar-refractivity contribution is -0.141. The second kappa shape index (κ2) is 7.20. The van der Waals surface area contributed by atoms with Crippen LogP contribution in [0.1, 0.15) is 33.3 Å². The van der Waals surface area contributed by atoms with E-state index in [0.29, 0.717) is 28.4 Å². The largest absolute Gasteiger partial charge is 0.454 e. The average molecular weight is 406 g/mol. The average Bonchev–Trinajstić information content (AvgIpc) is 3.49. The van der Waals surface area contributed by atoms with E-state index in [1.54, 1.807) is 42.5 Å². The van der Waals surface area contributed by atoms with Crippen molar-refractivity contribution in [3.63, 3.8) is 0 Å². The third kappa shape index (κ3) is 3.15. The van der Waals surface area contributed by atoms with Gasteiger partial charge < -0.3 is 24.8 Å². The SMILES string of the molecule is O=C(Nc1n[nH]c2c1CN(C(=O)[C@@H](O)c1ccccc1)C2)c1ccc2c(c1)OCO2. The van der Waals surface area contributed by atoms with Gasteiger partial charge in [-0.2, -0.15) is 5.10 Å². The molecule has 1 atom stereocenters. The molecule has 3 heterocycles. The summed E-state index contributed by atoms with van der Waals surface area (Å²) in [5.74, 6) is 0.715. The normalized spacial score (nSPS) is 15.0. The van der Waals surface area contributed by atoms with Crippen LogP contribution in [0.3, 0.4) is 0 Å². The molecule has 2 amide bonds. The Morgan fingerprint density at radius 1 is 1.10 bits per heavy atom. The van der Waals surface area contributed by atoms with Crippen molar-refractivity contribution >= 4 is 17.6 Å². The highest BCUT2D eigenvalue weighted by molar-refractivity contribution is 6.04. The summed E-state index contributed by atoms with van der Waals surface area (Å²) in [7, 11) is 0. The molecule has 0 radical (unpaired) electrons. The molecule has 0 fully saturated rings. The van der Waals surface area contributed by atoms with Crippen molar-refractivity contribution in [1.82, 2.24) is 15.1 Å². The predicted octanol–water partition coefficient (Wildman–Crippen LogP) is 1.97. The van der Waals surface area contributed by atoms with E-state index in [-0.39, 0.29) is 25.8 Å². The number of hydrogen-bond acceptors (Lipinski definition) is 6. The van der Waals surface area contributed by atoms with E-state index in [1.165, 1.54) is 4.90 Å². The molecule has 152 valence electrons. The molecule has 2 aliphatic heterocycles. The summed E-state index contributed by atoms with van der Waals surface area (Å²) in [5.41, 5.74) is 2.39. The Morgan fingerprint density at radius 3 is 2.73 bits per heavy atom. The number of carbonyl (C=O) groups excluding carboxylic acids is 2. The summed E-state index contributed by atoms with van der Waals surface area (Å²) in [6.07, 6.45) is -1.24. The van der Waals surface area contributed by atoms with Crippen LogP contribution in [0.4, 0.5) is 5.82 Å². The number of nitrogens with zero attached hydrogens (tertiary/aromatic N) is 2. The first kappa shape index (κ1) is 18.2. The number of benzene rings is 2. The van der Waals surface area contributed by atoms with E-state index in [9.17, 15) is 14.7 Å². The molecule has 0 saturated heterocycles. The van der Waals surface area contributed by atoms with Gasteiger partial charge in [-0.25, -0.2) is 0 Å². The smallest absolute Gasteiger partial charge is 0.257 e. The number of anilines is 1. The summed E-state index contributed by atoms with van der Waals surface area (Å²) < 4.78 is 10.6. The van der Waals surface area contributed by atoms with Gasteiger partial charge in [0.1, 0.15) is 0 Å². The highest BCUT2D eigenvalue weighted by Gasteiger charge is 2.32. The molecule has 5 rings (SSSR count). The van der Waals surface area contributed by atoms with Gasteiger partial charge >= 0.3 is 0 Å². The minimum absolute atomic E-state index is 0.131. The van der Waals surface area contributed by atoms with Crippen LogP contribution in [0.15, 0.2) is 48.5 Å². The molecule has 0 aliphatic carbocycles. The molecule has 0 spiro atoms. The van der Waals surface area contributed by atoms with Gasteiger partial charge in [-0.15, -0.1) is 0 Å². The zero-order chi connectivity index (χ0) is 20.7. The zero-order valence-electron chi connectivity index (χ0n) is 15.8. The van der Waals surface area contributed by atoms with Gasteiger partial charge in [-0.3, -0.25) is 14.7 Å². The quantitative estimate of drug-likeness (QED) is 0.610. The minimum Gasteiger partial charge on any atom is -0.454 e. The fraction of sp³-hybridized carbons (Fsp3) is 0.190. The van der Waals surface area contributed by atoms with Crippen LogP contribution in [0.5, 0.6) is 11.5 Å². The number of hydrogen-bond donors (Lipinski definition) is 3. The highest BCUT2D eigenvalue weighted by Crippen LogP contribution is 2.33. The lowest BCUT2D eigenvalue weighted by Crippen LogP contribution is -2.31. The molecule has 3 N–H and O–H groups in total. The van der Waals surface area contributed by atoms with Crippen LogP contribution in [0.2, 0.25) is 0 Å². The molecular formula is C21H18N4O5. The van der Waals surface area contributed by atoms with Gasteiger partial charge in [0.15, 0.2) is 23.4 Å². The number of nitrogens with one attached hydrogen (secondary N) is 2. The van der Waals surface area contributed by atoms with Crippen molar-refractivity contribution in [3.8, 4) is 11.5 Å². The Labute approximate surface area is 171 Å². The van der Waals surface area contributed by atoms with Crippen molar-refractivity contribution in [2.24, 2.45) is 0 Å². The van der Waals surface area contributed by atoms with Crippen molar-refractivity contribution in [2.45, 2.75) is 19.2 Å². The Kier molecular flexibility index (Phi) is 4.36. The summed E-state index contributed by atoms with van der Waals surface area (Å²) in [5, 5.41) is 20.2. The summed E-state index contributed by atoms with van der Waals surface area (Å²) in [6.45, 7) is 0.655. The van der Waals surface area contributed by atoms with E-state index in [1.807, 2.05) is 6.07 Å². The van der Waals surface area contributed by atoms with Crippen LogP contribution < -0.4 is 14.8 Å².